The van der Waals surface area contributed by atoms with Crippen molar-refractivity contribution in [3.8, 4) is 0 Å². The molecule has 0 radical (unpaired) electrons. The van der Waals surface area contributed by atoms with Crippen molar-refractivity contribution < 1.29 is 40.3 Å². The zero-order valence-corrected chi connectivity index (χ0v) is 10.5. The highest BCUT2D eigenvalue weighted by Gasteiger charge is 2.71. The number of hydrogen-bond donors (Lipinski definition) is 0. The predicted molar refractivity (Wildman–Crippen MR) is 55.6 cm³/mol. The van der Waals surface area contributed by atoms with Gasteiger partial charge in [0.05, 0.1) is 6.61 Å². The van der Waals surface area contributed by atoms with Gasteiger partial charge in [0, 0.05) is 5.57 Å². The van der Waals surface area contributed by atoms with Crippen molar-refractivity contribution >= 4 is 5.97 Å². The van der Waals surface area contributed by atoms with Gasteiger partial charge in [-0.15, -0.1) is 0 Å². The minimum Gasteiger partial charge on any atom is -0.462 e. The van der Waals surface area contributed by atoms with Gasteiger partial charge in [0.2, 0.25) is 0 Å². The van der Waals surface area contributed by atoms with Crippen molar-refractivity contribution in [2.24, 2.45) is 0 Å². The van der Waals surface area contributed by atoms with Crippen molar-refractivity contribution in [2.45, 2.75) is 44.2 Å². The molecule has 0 unspecified atom stereocenters. The third-order valence-corrected chi connectivity index (χ3v) is 2.40. The predicted octanol–water partition coefficient (Wildman–Crippen LogP) is 4.11. The number of rotatable bonds is 6. The van der Waals surface area contributed by atoms with Gasteiger partial charge in [-0.2, -0.15) is 26.3 Å². The fourth-order valence-electron chi connectivity index (χ4n) is 1.20. The molecule has 118 valence electrons. The summed E-state index contributed by atoms with van der Waals surface area (Å²) < 4.78 is 90.5. The van der Waals surface area contributed by atoms with Gasteiger partial charge in [0.25, 0.3) is 5.67 Å². The molecule has 0 atom stereocenters. The van der Waals surface area contributed by atoms with E-state index in [1.807, 2.05) is 0 Å². The summed E-state index contributed by atoms with van der Waals surface area (Å²) in [7, 11) is 0. The SMILES string of the molecule is C=C(C)C(=O)OCCCCC(F)(C(F)(F)F)C(F)(F)F. The summed E-state index contributed by atoms with van der Waals surface area (Å²) >= 11 is 0. The van der Waals surface area contributed by atoms with Gasteiger partial charge in [-0.05, 0) is 26.2 Å². The van der Waals surface area contributed by atoms with Crippen LogP contribution in [0, 0.1) is 0 Å². The molecule has 0 aliphatic carbocycles. The normalized spacial score (nSPS) is 13.2. The minimum absolute atomic E-state index is 0.0374. The second kappa shape index (κ2) is 6.45. The lowest BCUT2D eigenvalue weighted by molar-refractivity contribution is -0.343. The Labute approximate surface area is 110 Å². The molecule has 20 heavy (non-hydrogen) atoms. The molecule has 9 heteroatoms. The van der Waals surface area contributed by atoms with E-state index < -0.39 is 43.4 Å². The van der Waals surface area contributed by atoms with Gasteiger partial charge >= 0.3 is 18.3 Å². The van der Waals surface area contributed by atoms with Crippen LogP contribution in [0.15, 0.2) is 12.2 Å². The average molecular weight is 310 g/mol. The standard InChI is InChI=1S/C11H13F7O2/c1-7(2)8(19)20-6-4-3-5-9(12,10(13,14)15)11(16,17)18/h1,3-6H2,2H3. The number of alkyl halides is 7. The molecule has 0 heterocycles. The fraction of sp³-hybridized carbons (Fsp3) is 0.727. The van der Waals surface area contributed by atoms with Crippen LogP contribution in [0.5, 0.6) is 0 Å². The van der Waals surface area contributed by atoms with Crippen LogP contribution in [0.1, 0.15) is 26.2 Å². The summed E-state index contributed by atoms with van der Waals surface area (Å²) in [6.45, 7) is 4.14. The summed E-state index contributed by atoms with van der Waals surface area (Å²) in [5, 5.41) is 0. The van der Waals surface area contributed by atoms with E-state index in [9.17, 15) is 35.5 Å². The topological polar surface area (TPSA) is 26.3 Å². The minimum atomic E-state index is -6.04. The quantitative estimate of drug-likeness (QED) is 0.319. The second-order valence-electron chi connectivity index (χ2n) is 4.17. The third-order valence-electron chi connectivity index (χ3n) is 2.40. The molecule has 0 saturated carbocycles. The molecule has 0 aromatic heterocycles. The van der Waals surface area contributed by atoms with E-state index in [2.05, 4.69) is 11.3 Å². The molecule has 0 aromatic carbocycles. The van der Waals surface area contributed by atoms with E-state index >= 15 is 0 Å². The van der Waals surface area contributed by atoms with E-state index in [0.717, 1.165) is 0 Å². The number of unbranched alkanes of at least 4 members (excludes halogenated alkanes) is 1. The molecule has 0 fully saturated rings. The number of halogens is 7. The molecule has 0 rings (SSSR count). The molecule has 0 N–H and O–H groups in total. The van der Waals surface area contributed by atoms with Gasteiger partial charge in [-0.25, -0.2) is 9.18 Å². The first-order chi connectivity index (χ1) is 8.83. The molecule has 0 bridgehead atoms. The number of carbonyl (C=O) groups is 1. The van der Waals surface area contributed by atoms with E-state index in [0.29, 0.717) is 0 Å². The third kappa shape index (κ3) is 4.68. The van der Waals surface area contributed by atoms with Crippen LogP contribution in [0.2, 0.25) is 0 Å². The van der Waals surface area contributed by atoms with E-state index in [1.54, 1.807) is 0 Å². The lowest BCUT2D eigenvalue weighted by Crippen LogP contribution is -2.53. The fourth-order valence-corrected chi connectivity index (χ4v) is 1.20. The van der Waals surface area contributed by atoms with Gasteiger partial charge in [-0.3, -0.25) is 0 Å². The summed E-state index contributed by atoms with van der Waals surface area (Å²) in [4.78, 5) is 10.9. The highest BCUT2D eigenvalue weighted by Crippen LogP contribution is 2.49. The maximum absolute atomic E-state index is 13.1. The van der Waals surface area contributed by atoms with E-state index in [1.165, 1.54) is 6.92 Å². The Balaban J connectivity index is 4.39. The first-order valence-corrected chi connectivity index (χ1v) is 5.48. The Hall–Kier alpha value is -1.28. The Morgan fingerprint density at radius 2 is 1.45 bits per heavy atom. The molecule has 0 spiro atoms. The van der Waals surface area contributed by atoms with E-state index in [-0.39, 0.29) is 12.0 Å². The Bertz CT molecular complexity index is 343. The van der Waals surface area contributed by atoms with E-state index in [4.69, 9.17) is 0 Å². The van der Waals surface area contributed by atoms with Crippen LogP contribution in [0.25, 0.3) is 0 Å². The number of hydrogen-bond acceptors (Lipinski definition) is 2. The summed E-state index contributed by atoms with van der Waals surface area (Å²) in [5.41, 5.74) is -5.21. The van der Waals surface area contributed by atoms with Crippen LogP contribution in [0.3, 0.4) is 0 Å². The maximum Gasteiger partial charge on any atom is 0.431 e. The molecule has 0 amide bonds. The van der Waals surface area contributed by atoms with Crippen LogP contribution in [-0.4, -0.2) is 30.6 Å². The first kappa shape index (κ1) is 18.7. The zero-order valence-electron chi connectivity index (χ0n) is 10.5. The number of carbonyl (C=O) groups excluding carboxylic acids is 1. The first-order valence-electron chi connectivity index (χ1n) is 5.48. The Morgan fingerprint density at radius 1 is 1.00 bits per heavy atom. The van der Waals surface area contributed by atoms with Gasteiger partial charge in [0.15, 0.2) is 0 Å². The van der Waals surface area contributed by atoms with Crippen molar-refractivity contribution in [3.63, 3.8) is 0 Å². The number of ether oxygens (including phenoxy) is 1. The molecular formula is C11H13F7O2. The van der Waals surface area contributed by atoms with Crippen LogP contribution in [0.4, 0.5) is 30.7 Å². The monoisotopic (exact) mass is 310 g/mol. The molecule has 0 aliphatic rings. The van der Waals surface area contributed by atoms with Crippen LogP contribution in [-0.2, 0) is 9.53 Å². The smallest absolute Gasteiger partial charge is 0.431 e. The molecule has 0 saturated heterocycles. The van der Waals surface area contributed by atoms with Gasteiger partial charge < -0.3 is 4.74 Å². The Kier molecular flexibility index (Phi) is 6.03. The largest absolute Gasteiger partial charge is 0.462 e. The Morgan fingerprint density at radius 3 is 1.80 bits per heavy atom. The maximum atomic E-state index is 13.1. The molecule has 0 aromatic rings. The summed E-state index contributed by atoms with van der Waals surface area (Å²) in [5.74, 6) is -0.817. The average Bonchev–Trinajstić information content (AvgIpc) is 2.24. The van der Waals surface area contributed by atoms with Crippen molar-refractivity contribution in [3.05, 3.63) is 12.2 Å². The lowest BCUT2D eigenvalue weighted by atomic mass is 9.97. The summed E-state index contributed by atoms with van der Waals surface area (Å²) in [6, 6.07) is 0. The second-order valence-corrected chi connectivity index (χ2v) is 4.17. The van der Waals surface area contributed by atoms with Crippen molar-refractivity contribution in [1.82, 2.24) is 0 Å². The zero-order chi connectivity index (χ0) is 16.2. The van der Waals surface area contributed by atoms with Crippen LogP contribution >= 0.6 is 0 Å². The van der Waals surface area contributed by atoms with Gasteiger partial charge in [0.1, 0.15) is 0 Å². The van der Waals surface area contributed by atoms with Crippen molar-refractivity contribution in [1.29, 1.82) is 0 Å². The molecular weight excluding hydrogens is 297 g/mol. The number of esters is 1. The highest BCUT2D eigenvalue weighted by molar-refractivity contribution is 5.86. The van der Waals surface area contributed by atoms with Crippen LogP contribution < -0.4 is 0 Å². The van der Waals surface area contributed by atoms with Crippen molar-refractivity contribution in [2.75, 3.05) is 6.61 Å². The lowest BCUT2D eigenvalue weighted by Gasteiger charge is -2.29. The summed E-state index contributed by atoms with van der Waals surface area (Å²) in [6.07, 6.45) is -14.9. The highest BCUT2D eigenvalue weighted by atomic mass is 19.4. The molecule has 2 nitrogen and oxygen atoms in total. The van der Waals surface area contributed by atoms with Gasteiger partial charge in [-0.1, -0.05) is 6.58 Å². The molecule has 0 aliphatic heterocycles.